The molecule has 0 radical (unpaired) electrons. The summed E-state index contributed by atoms with van der Waals surface area (Å²) in [6.45, 7) is 0.784. The molecule has 0 atom stereocenters. The van der Waals surface area contributed by atoms with E-state index in [4.69, 9.17) is 11.6 Å². The van der Waals surface area contributed by atoms with Crippen LogP contribution in [-0.2, 0) is 13.0 Å². The minimum atomic E-state index is -0.372. The fourth-order valence-corrected chi connectivity index (χ4v) is 3.23. The molecule has 2 nitrogen and oxygen atoms in total. The molecule has 0 spiro atoms. The first-order chi connectivity index (χ1) is 10.1. The standard InChI is InChI=1S/C16H12ClFINO/c17-14-2-1-3-15(18)13(14)9-20-7-6-10-4-5-11(19)8-12(10)16(20)21/h1-5,8H,6-7,9H2. The van der Waals surface area contributed by atoms with Gasteiger partial charge < -0.3 is 4.90 Å². The summed E-state index contributed by atoms with van der Waals surface area (Å²) in [5, 5.41) is 0.358. The molecule has 0 saturated heterocycles. The SMILES string of the molecule is O=C1c2cc(I)ccc2CCN1Cc1c(F)cccc1Cl. The van der Waals surface area contributed by atoms with Gasteiger partial charge in [-0.15, -0.1) is 0 Å². The van der Waals surface area contributed by atoms with E-state index in [-0.39, 0.29) is 18.3 Å². The Morgan fingerprint density at radius 1 is 1.29 bits per heavy atom. The second-order valence-electron chi connectivity index (χ2n) is 4.98. The topological polar surface area (TPSA) is 20.3 Å². The Hall–Kier alpha value is -1.14. The van der Waals surface area contributed by atoms with Crippen molar-refractivity contribution in [2.24, 2.45) is 0 Å². The van der Waals surface area contributed by atoms with Crippen molar-refractivity contribution in [2.45, 2.75) is 13.0 Å². The molecule has 21 heavy (non-hydrogen) atoms. The fraction of sp³-hybridized carbons (Fsp3) is 0.188. The molecule has 0 fully saturated rings. The first kappa shape index (κ1) is 14.8. The van der Waals surface area contributed by atoms with Gasteiger partial charge >= 0.3 is 0 Å². The van der Waals surface area contributed by atoms with E-state index in [1.807, 2.05) is 18.2 Å². The molecule has 1 heterocycles. The summed E-state index contributed by atoms with van der Waals surface area (Å²) in [7, 11) is 0. The lowest BCUT2D eigenvalue weighted by atomic mass is 9.98. The lowest BCUT2D eigenvalue weighted by Gasteiger charge is -2.29. The molecule has 2 aromatic rings. The fourth-order valence-electron chi connectivity index (χ4n) is 2.52. The van der Waals surface area contributed by atoms with E-state index < -0.39 is 0 Å². The predicted octanol–water partition coefficient (Wildman–Crippen LogP) is 4.28. The summed E-state index contributed by atoms with van der Waals surface area (Å²) in [6.07, 6.45) is 0.782. The number of hydrogen-bond acceptors (Lipinski definition) is 1. The third kappa shape index (κ3) is 2.92. The van der Waals surface area contributed by atoms with Gasteiger partial charge in [-0.2, -0.15) is 0 Å². The molecule has 0 aromatic heterocycles. The monoisotopic (exact) mass is 415 g/mol. The van der Waals surface area contributed by atoms with Gasteiger partial charge in [0.25, 0.3) is 5.91 Å². The molecule has 3 rings (SSSR count). The number of carbonyl (C=O) groups is 1. The van der Waals surface area contributed by atoms with Crippen LogP contribution < -0.4 is 0 Å². The number of carbonyl (C=O) groups excluding carboxylic acids is 1. The van der Waals surface area contributed by atoms with Crippen molar-refractivity contribution < 1.29 is 9.18 Å². The molecule has 108 valence electrons. The van der Waals surface area contributed by atoms with Gasteiger partial charge in [-0.1, -0.05) is 23.7 Å². The minimum Gasteiger partial charge on any atom is -0.334 e. The van der Waals surface area contributed by atoms with Crippen molar-refractivity contribution in [3.8, 4) is 0 Å². The highest BCUT2D eigenvalue weighted by Gasteiger charge is 2.25. The summed E-state index contributed by atoms with van der Waals surface area (Å²) >= 11 is 8.23. The van der Waals surface area contributed by atoms with E-state index >= 15 is 0 Å². The van der Waals surface area contributed by atoms with E-state index in [2.05, 4.69) is 22.6 Å². The van der Waals surface area contributed by atoms with Gasteiger partial charge in [0.15, 0.2) is 0 Å². The first-order valence-corrected chi connectivity index (χ1v) is 8.02. The molecule has 1 aliphatic rings. The van der Waals surface area contributed by atoms with E-state index in [9.17, 15) is 9.18 Å². The Kier molecular flexibility index (Phi) is 4.17. The molecule has 0 aliphatic carbocycles. The molecular formula is C16H12ClFINO. The number of halogens is 3. The maximum absolute atomic E-state index is 13.9. The molecule has 5 heteroatoms. The van der Waals surface area contributed by atoms with Gasteiger partial charge in [0.2, 0.25) is 0 Å². The quantitative estimate of drug-likeness (QED) is 0.671. The lowest BCUT2D eigenvalue weighted by Crippen LogP contribution is -2.37. The average molecular weight is 416 g/mol. The van der Waals surface area contributed by atoms with Crippen molar-refractivity contribution in [3.05, 3.63) is 67.5 Å². The summed E-state index contributed by atoms with van der Waals surface area (Å²) < 4.78 is 14.9. The van der Waals surface area contributed by atoms with E-state index in [1.165, 1.54) is 6.07 Å². The van der Waals surface area contributed by atoms with Crippen molar-refractivity contribution in [2.75, 3.05) is 6.54 Å². The molecular weight excluding hydrogens is 404 g/mol. The Balaban J connectivity index is 1.90. The van der Waals surface area contributed by atoms with Gasteiger partial charge in [-0.25, -0.2) is 4.39 Å². The summed E-state index contributed by atoms with van der Waals surface area (Å²) in [6, 6.07) is 10.4. The van der Waals surface area contributed by atoms with Gasteiger partial charge in [-0.3, -0.25) is 4.79 Å². The molecule has 0 bridgehead atoms. The largest absolute Gasteiger partial charge is 0.334 e. The number of hydrogen-bond donors (Lipinski definition) is 0. The van der Waals surface area contributed by atoms with Crippen LogP contribution in [0, 0.1) is 9.39 Å². The Morgan fingerprint density at radius 2 is 2.10 bits per heavy atom. The number of nitrogens with zero attached hydrogens (tertiary/aromatic N) is 1. The van der Waals surface area contributed by atoms with Crippen molar-refractivity contribution in [3.63, 3.8) is 0 Å². The van der Waals surface area contributed by atoms with Crippen LogP contribution in [0.5, 0.6) is 0 Å². The molecule has 1 amide bonds. The number of fused-ring (bicyclic) bond motifs is 1. The van der Waals surface area contributed by atoms with Crippen molar-refractivity contribution >= 4 is 40.1 Å². The number of benzene rings is 2. The predicted molar refractivity (Wildman–Crippen MR) is 89.0 cm³/mol. The second kappa shape index (κ2) is 5.93. The lowest BCUT2D eigenvalue weighted by molar-refractivity contribution is 0.0725. The third-order valence-electron chi connectivity index (χ3n) is 3.65. The number of rotatable bonds is 2. The van der Waals surface area contributed by atoms with Crippen LogP contribution >= 0.6 is 34.2 Å². The molecule has 0 unspecified atom stereocenters. The smallest absolute Gasteiger partial charge is 0.254 e. The molecule has 1 aliphatic heterocycles. The van der Waals surface area contributed by atoms with E-state index in [1.54, 1.807) is 17.0 Å². The Labute approximate surface area is 141 Å². The zero-order valence-corrected chi connectivity index (χ0v) is 14.0. The zero-order chi connectivity index (χ0) is 15.0. The highest BCUT2D eigenvalue weighted by Crippen LogP contribution is 2.26. The minimum absolute atomic E-state index is 0.0610. The molecule has 2 aromatic carbocycles. The van der Waals surface area contributed by atoms with Crippen LogP contribution in [0.3, 0.4) is 0 Å². The summed E-state index contributed by atoms with van der Waals surface area (Å²) in [5.74, 6) is -0.433. The summed E-state index contributed by atoms with van der Waals surface area (Å²) in [4.78, 5) is 14.2. The van der Waals surface area contributed by atoms with Crippen LogP contribution in [0.1, 0.15) is 21.5 Å². The highest BCUT2D eigenvalue weighted by atomic mass is 127. The second-order valence-corrected chi connectivity index (χ2v) is 6.63. The van der Waals surface area contributed by atoms with Crippen LogP contribution in [0.4, 0.5) is 4.39 Å². The first-order valence-electron chi connectivity index (χ1n) is 6.57. The van der Waals surface area contributed by atoms with Crippen LogP contribution in [0.15, 0.2) is 36.4 Å². The van der Waals surface area contributed by atoms with Gasteiger partial charge in [0.1, 0.15) is 5.82 Å². The Morgan fingerprint density at radius 3 is 2.86 bits per heavy atom. The van der Waals surface area contributed by atoms with Gasteiger partial charge in [0, 0.05) is 26.3 Å². The maximum atomic E-state index is 13.9. The normalized spacial score (nSPS) is 14.2. The van der Waals surface area contributed by atoms with E-state index in [0.717, 1.165) is 15.6 Å². The van der Waals surface area contributed by atoms with E-state index in [0.29, 0.717) is 22.7 Å². The van der Waals surface area contributed by atoms with Crippen LogP contribution in [-0.4, -0.2) is 17.4 Å². The van der Waals surface area contributed by atoms with Crippen LogP contribution in [0.2, 0.25) is 5.02 Å². The molecule has 0 N–H and O–H groups in total. The van der Waals surface area contributed by atoms with Crippen LogP contribution in [0.25, 0.3) is 0 Å². The Bertz CT molecular complexity index is 699. The van der Waals surface area contributed by atoms with Gasteiger partial charge in [-0.05, 0) is 58.8 Å². The van der Waals surface area contributed by atoms with Gasteiger partial charge in [0.05, 0.1) is 6.54 Å². The molecule has 0 saturated carbocycles. The highest BCUT2D eigenvalue weighted by molar-refractivity contribution is 14.1. The third-order valence-corrected chi connectivity index (χ3v) is 4.68. The summed E-state index contributed by atoms with van der Waals surface area (Å²) in [5.41, 5.74) is 2.14. The number of amides is 1. The average Bonchev–Trinajstić information content (AvgIpc) is 2.46. The van der Waals surface area contributed by atoms with Crippen molar-refractivity contribution in [1.82, 2.24) is 4.90 Å². The zero-order valence-electron chi connectivity index (χ0n) is 11.1. The van der Waals surface area contributed by atoms with Crippen molar-refractivity contribution in [1.29, 1.82) is 0 Å². The maximum Gasteiger partial charge on any atom is 0.254 e.